The molecular formula is C15H19ClN2O. The maximum atomic E-state index is 6.22. The van der Waals surface area contributed by atoms with E-state index in [1.54, 1.807) is 6.20 Å². The second-order valence-electron chi connectivity index (χ2n) is 4.56. The zero-order valence-electron chi connectivity index (χ0n) is 11.4. The van der Waals surface area contributed by atoms with Gasteiger partial charge in [0.1, 0.15) is 0 Å². The summed E-state index contributed by atoms with van der Waals surface area (Å²) < 4.78 is 5.75. The lowest BCUT2D eigenvalue weighted by Crippen LogP contribution is -2.14. The summed E-state index contributed by atoms with van der Waals surface area (Å²) in [5.41, 5.74) is 2.04. The fourth-order valence-electron chi connectivity index (χ4n) is 1.91. The van der Waals surface area contributed by atoms with Crippen molar-refractivity contribution in [1.29, 1.82) is 0 Å². The zero-order chi connectivity index (χ0) is 13.7. The van der Waals surface area contributed by atoms with Gasteiger partial charge in [-0.1, -0.05) is 24.6 Å². The Kier molecular flexibility index (Phi) is 5.00. The van der Waals surface area contributed by atoms with Crippen LogP contribution in [0.25, 0.3) is 11.3 Å². The number of aromatic nitrogens is 1. The quantitative estimate of drug-likeness (QED) is 0.816. The zero-order valence-corrected chi connectivity index (χ0v) is 12.1. The number of hydrogen-bond acceptors (Lipinski definition) is 3. The fraction of sp³-hybridized carbons (Fsp3) is 0.400. The topological polar surface area (TPSA) is 38.1 Å². The van der Waals surface area contributed by atoms with E-state index in [9.17, 15) is 0 Å². The predicted molar refractivity (Wildman–Crippen MR) is 78.6 cm³/mol. The number of oxazole rings is 1. The van der Waals surface area contributed by atoms with Gasteiger partial charge in [-0.05, 0) is 44.1 Å². The molecule has 0 aliphatic rings. The van der Waals surface area contributed by atoms with Gasteiger partial charge >= 0.3 is 0 Å². The second kappa shape index (κ2) is 6.73. The lowest BCUT2D eigenvalue weighted by Gasteiger charge is -2.01. The molecule has 1 aromatic heterocycles. The van der Waals surface area contributed by atoms with Crippen LogP contribution in [0.2, 0.25) is 5.02 Å². The van der Waals surface area contributed by atoms with Gasteiger partial charge in [-0.15, -0.1) is 0 Å². The molecule has 0 aliphatic carbocycles. The van der Waals surface area contributed by atoms with Crippen molar-refractivity contribution in [2.24, 2.45) is 0 Å². The molecule has 19 heavy (non-hydrogen) atoms. The van der Waals surface area contributed by atoms with Crippen LogP contribution in [-0.2, 0) is 6.42 Å². The van der Waals surface area contributed by atoms with Crippen molar-refractivity contribution in [3.8, 4) is 11.3 Å². The summed E-state index contributed by atoms with van der Waals surface area (Å²) in [7, 11) is 0. The number of hydrogen-bond donors (Lipinski definition) is 1. The second-order valence-corrected chi connectivity index (χ2v) is 4.97. The summed E-state index contributed by atoms with van der Waals surface area (Å²) in [5.74, 6) is 1.51. The Hall–Kier alpha value is -1.32. The van der Waals surface area contributed by atoms with E-state index in [0.29, 0.717) is 5.02 Å². The molecule has 1 aromatic carbocycles. The third kappa shape index (κ3) is 3.82. The van der Waals surface area contributed by atoms with Crippen LogP contribution in [0.5, 0.6) is 0 Å². The Morgan fingerprint density at radius 3 is 2.95 bits per heavy atom. The monoisotopic (exact) mass is 278 g/mol. The smallest absolute Gasteiger partial charge is 0.194 e. The normalized spacial score (nSPS) is 10.9. The van der Waals surface area contributed by atoms with Gasteiger partial charge in [-0.3, -0.25) is 0 Å². The molecule has 0 atom stereocenters. The van der Waals surface area contributed by atoms with E-state index < -0.39 is 0 Å². The van der Waals surface area contributed by atoms with Gasteiger partial charge in [0.25, 0.3) is 0 Å². The van der Waals surface area contributed by atoms with E-state index in [-0.39, 0.29) is 0 Å². The molecule has 1 N–H and O–H groups in total. The van der Waals surface area contributed by atoms with Crippen molar-refractivity contribution in [3.63, 3.8) is 0 Å². The standard InChI is InChI=1S/C15H19ClN2O/c1-3-17-8-4-5-15-18-10-14(19-15)12-7-6-11(2)9-13(12)16/h6-7,9-10,17H,3-5,8H2,1-2H3. The predicted octanol–water partition coefficient (Wildman–Crippen LogP) is 3.85. The van der Waals surface area contributed by atoms with Crippen molar-refractivity contribution in [1.82, 2.24) is 10.3 Å². The molecule has 2 rings (SSSR count). The molecule has 0 amide bonds. The van der Waals surface area contributed by atoms with E-state index in [1.807, 2.05) is 25.1 Å². The minimum atomic E-state index is 0.704. The molecule has 0 saturated heterocycles. The Bertz CT molecular complexity index is 537. The Balaban J connectivity index is 2.04. The minimum absolute atomic E-state index is 0.704. The van der Waals surface area contributed by atoms with Crippen molar-refractivity contribution in [2.75, 3.05) is 13.1 Å². The van der Waals surface area contributed by atoms with Crippen LogP contribution in [0.4, 0.5) is 0 Å². The first-order valence-corrected chi connectivity index (χ1v) is 7.00. The molecule has 0 saturated carbocycles. The molecule has 102 valence electrons. The molecule has 0 unspecified atom stereocenters. The van der Waals surface area contributed by atoms with Gasteiger partial charge in [0.15, 0.2) is 11.7 Å². The van der Waals surface area contributed by atoms with Gasteiger partial charge < -0.3 is 9.73 Å². The molecule has 0 spiro atoms. The van der Waals surface area contributed by atoms with Crippen LogP contribution in [0, 0.1) is 6.92 Å². The van der Waals surface area contributed by atoms with Crippen LogP contribution in [-0.4, -0.2) is 18.1 Å². The van der Waals surface area contributed by atoms with Crippen LogP contribution in [0.15, 0.2) is 28.8 Å². The summed E-state index contributed by atoms with van der Waals surface area (Å²) in [5, 5.41) is 3.99. The highest BCUT2D eigenvalue weighted by molar-refractivity contribution is 6.33. The van der Waals surface area contributed by atoms with Crippen LogP contribution < -0.4 is 5.32 Å². The Morgan fingerprint density at radius 1 is 1.37 bits per heavy atom. The maximum Gasteiger partial charge on any atom is 0.194 e. The van der Waals surface area contributed by atoms with Gasteiger partial charge in [0, 0.05) is 12.0 Å². The van der Waals surface area contributed by atoms with Gasteiger partial charge in [0.2, 0.25) is 0 Å². The number of aryl methyl sites for hydroxylation is 2. The highest BCUT2D eigenvalue weighted by Crippen LogP contribution is 2.29. The van der Waals surface area contributed by atoms with E-state index in [2.05, 4.69) is 17.2 Å². The van der Waals surface area contributed by atoms with Crippen LogP contribution in [0.3, 0.4) is 0 Å². The molecule has 0 aliphatic heterocycles. The average Bonchev–Trinajstić information content (AvgIpc) is 2.83. The Labute approximate surface area is 119 Å². The number of nitrogens with one attached hydrogen (secondary N) is 1. The molecular weight excluding hydrogens is 260 g/mol. The average molecular weight is 279 g/mol. The summed E-state index contributed by atoms with van der Waals surface area (Å²) in [4.78, 5) is 4.30. The van der Waals surface area contributed by atoms with Crippen molar-refractivity contribution < 1.29 is 4.42 Å². The van der Waals surface area contributed by atoms with E-state index >= 15 is 0 Å². The van der Waals surface area contributed by atoms with E-state index in [4.69, 9.17) is 16.0 Å². The number of halogens is 1. The first-order chi connectivity index (χ1) is 9.20. The lowest BCUT2D eigenvalue weighted by atomic mass is 10.1. The van der Waals surface area contributed by atoms with Gasteiger partial charge in [-0.25, -0.2) is 4.98 Å². The summed E-state index contributed by atoms with van der Waals surface area (Å²) in [6, 6.07) is 5.93. The first kappa shape index (κ1) is 14.1. The van der Waals surface area contributed by atoms with Gasteiger partial charge in [-0.2, -0.15) is 0 Å². The van der Waals surface area contributed by atoms with Crippen molar-refractivity contribution in [3.05, 3.63) is 40.9 Å². The number of rotatable bonds is 6. The van der Waals surface area contributed by atoms with E-state index in [1.165, 1.54) is 0 Å². The highest BCUT2D eigenvalue weighted by atomic mass is 35.5. The molecule has 0 bridgehead atoms. The van der Waals surface area contributed by atoms with E-state index in [0.717, 1.165) is 48.7 Å². The van der Waals surface area contributed by atoms with Crippen LogP contribution in [0.1, 0.15) is 24.8 Å². The van der Waals surface area contributed by atoms with Gasteiger partial charge in [0.05, 0.1) is 11.2 Å². The fourth-order valence-corrected chi connectivity index (χ4v) is 2.24. The number of benzene rings is 1. The lowest BCUT2D eigenvalue weighted by molar-refractivity contribution is 0.493. The summed E-state index contributed by atoms with van der Waals surface area (Å²) in [6.45, 7) is 6.10. The van der Waals surface area contributed by atoms with Crippen molar-refractivity contribution in [2.45, 2.75) is 26.7 Å². The molecule has 1 heterocycles. The van der Waals surface area contributed by atoms with Crippen LogP contribution >= 0.6 is 11.6 Å². The highest BCUT2D eigenvalue weighted by Gasteiger charge is 2.09. The largest absolute Gasteiger partial charge is 0.441 e. The SMILES string of the molecule is CCNCCCc1ncc(-c2ccc(C)cc2Cl)o1. The molecule has 3 nitrogen and oxygen atoms in total. The minimum Gasteiger partial charge on any atom is -0.441 e. The number of nitrogens with zero attached hydrogens (tertiary/aromatic N) is 1. The third-order valence-electron chi connectivity index (χ3n) is 2.94. The molecule has 0 fully saturated rings. The summed E-state index contributed by atoms with van der Waals surface area (Å²) >= 11 is 6.22. The maximum absolute atomic E-state index is 6.22. The summed E-state index contributed by atoms with van der Waals surface area (Å²) in [6.07, 6.45) is 3.62. The first-order valence-electron chi connectivity index (χ1n) is 6.62. The molecule has 4 heteroatoms. The van der Waals surface area contributed by atoms with Crippen molar-refractivity contribution >= 4 is 11.6 Å². The third-order valence-corrected chi connectivity index (χ3v) is 3.25. The molecule has 2 aromatic rings. The molecule has 0 radical (unpaired) electrons. The Morgan fingerprint density at radius 2 is 2.21 bits per heavy atom.